The predicted octanol–water partition coefficient (Wildman–Crippen LogP) is 3.02. The van der Waals surface area contributed by atoms with Gasteiger partial charge in [0, 0.05) is 17.6 Å². The molecule has 1 aliphatic rings. The number of carbonyl (C=O) groups excluding carboxylic acids is 1. The summed E-state index contributed by atoms with van der Waals surface area (Å²) in [4.78, 5) is 24.9. The van der Waals surface area contributed by atoms with Crippen molar-refractivity contribution in [1.29, 1.82) is 0 Å². The number of nitrogens with one attached hydrogen (secondary N) is 1. The maximum absolute atomic E-state index is 12.3. The van der Waals surface area contributed by atoms with E-state index < -0.39 is 11.9 Å². The summed E-state index contributed by atoms with van der Waals surface area (Å²) in [5.41, 5.74) is 0.998. The fourth-order valence-corrected chi connectivity index (χ4v) is 3.17. The van der Waals surface area contributed by atoms with E-state index in [9.17, 15) is 9.59 Å². The minimum Gasteiger partial charge on any atom is -0.481 e. The number of carbonyl (C=O) groups is 2. The van der Waals surface area contributed by atoms with Gasteiger partial charge >= 0.3 is 12.0 Å². The van der Waals surface area contributed by atoms with Crippen molar-refractivity contribution in [1.82, 2.24) is 10.2 Å². The summed E-state index contributed by atoms with van der Waals surface area (Å²) >= 11 is 3.47. The minimum atomic E-state index is -0.827. The molecule has 2 N–H and O–H groups in total. The van der Waals surface area contributed by atoms with Crippen LogP contribution in [0, 0.1) is 5.92 Å². The molecule has 0 aliphatic carbocycles. The molecule has 2 atom stereocenters. The van der Waals surface area contributed by atoms with E-state index in [1.165, 1.54) is 0 Å². The van der Waals surface area contributed by atoms with Crippen LogP contribution in [0.2, 0.25) is 0 Å². The molecular formula is C15H19BrN2O3. The zero-order valence-electron chi connectivity index (χ0n) is 11.9. The van der Waals surface area contributed by atoms with E-state index in [-0.39, 0.29) is 18.6 Å². The van der Waals surface area contributed by atoms with Crippen molar-refractivity contribution in [2.24, 2.45) is 5.92 Å². The van der Waals surface area contributed by atoms with Crippen LogP contribution in [0.15, 0.2) is 28.7 Å². The van der Waals surface area contributed by atoms with Crippen LogP contribution >= 0.6 is 15.9 Å². The molecule has 6 heteroatoms. The molecule has 1 saturated heterocycles. The molecule has 0 bridgehead atoms. The smallest absolute Gasteiger partial charge is 0.317 e. The normalized spacial score (nSPS) is 19.9. The second kappa shape index (κ2) is 6.93. The topological polar surface area (TPSA) is 69.6 Å². The van der Waals surface area contributed by atoms with Crippen LogP contribution in [0.3, 0.4) is 0 Å². The molecule has 21 heavy (non-hydrogen) atoms. The number of rotatable bonds is 3. The average Bonchev–Trinajstić information content (AvgIpc) is 2.47. The Morgan fingerprint density at radius 1 is 1.43 bits per heavy atom. The molecule has 0 saturated carbocycles. The van der Waals surface area contributed by atoms with E-state index in [1.807, 2.05) is 31.2 Å². The predicted molar refractivity (Wildman–Crippen MR) is 83.0 cm³/mol. The molecule has 1 aromatic carbocycles. The van der Waals surface area contributed by atoms with Crippen molar-refractivity contribution < 1.29 is 14.7 Å². The molecule has 2 unspecified atom stereocenters. The molecule has 1 fully saturated rings. The third-order valence-electron chi connectivity index (χ3n) is 3.77. The quantitative estimate of drug-likeness (QED) is 0.876. The number of halogens is 1. The van der Waals surface area contributed by atoms with Crippen LogP contribution in [-0.4, -0.2) is 35.1 Å². The monoisotopic (exact) mass is 354 g/mol. The summed E-state index contributed by atoms with van der Waals surface area (Å²) in [6.45, 7) is 2.80. The average molecular weight is 355 g/mol. The second-order valence-electron chi connectivity index (χ2n) is 5.32. The third-order valence-corrected chi connectivity index (χ3v) is 4.49. The van der Waals surface area contributed by atoms with Crippen LogP contribution in [0.4, 0.5) is 4.79 Å². The number of carboxylic acid groups (broad SMARTS) is 1. The van der Waals surface area contributed by atoms with Gasteiger partial charge in [-0.2, -0.15) is 0 Å². The summed E-state index contributed by atoms with van der Waals surface area (Å²) in [6, 6.07) is 7.38. The highest BCUT2D eigenvalue weighted by Gasteiger charge is 2.28. The maximum atomic E-state index is 12.3. The van der Waals surface area contributed by atoms with Crippen molar-refractivity contribution >= 4 is 27.9 Å². The molecule has 0 radical (unpaired) electrons. The standard InChI is InChI=1S/C15H19BrN2O3/c1-10(12-6-2-3-7-13(12)16)17-15(21)18-8-4-5-11(9-18)14(19)20/h2-3,6-7,10-11H,4-5,8-9H2,1H3,(H,17,21)(H,19,20). The number of hydrogen-bond acceptors (Lipinski definition) is 2. The van der Waals surface area contributed by atoms with Gasteiger partial charge < -0.3 is 15.3 Å². The highest BCUT2D eigenvalue weighted by atomic mass is 79.9. The molecule has 1 aliphatic heterocycles. The van der Waals surface area contributed by atoms with Gasteiger partial charge in [0.2, 0.25) is 0 Å². The van der Waals surface area contributed by atoms with Gasteiger partial charge in [0.15, 0.2) is 0 Å². The Morgan fingerprint density at radius 2 is 2.14 bits per heavy atom. The van der Waals surface area contributed by atoms with E-state index in [4.69, 9.17) is 5.11 Å². The Kier molecular flexibility index (Phi) is 5.22. The fourth-order valence-electron chi connectivity index (χ4n) is 2.54. The van der Waals surface area contributed by atoms with E-state index >= 15 is 0 Å². The Morgan fingerprint density at radius 3 is 2.81 bits per heavy atom. The number of carboxylic acids is 1. The van der Waals surface area contributed by atoms with Crippen molar-refractivity contribution in [3.63, 3.8) is 0 Å². The molecule has 1 heterocycles. The lowest BCUT2D eigenvalue weighted by Crippen LogP contribution is -2.47. The van der Waals surface area contributed by atoms with Crippen LogP contribution in [0.5, 0.6) is 0 Å². The first-order valence-corrected chi connectivity index (χ1v) is 7.81. The minimum absolute atomic E-state index is 0.140. The molecule has 0 spiro atoms. The Labute approximate surface area is 132 Å². The lowest BCUT2D eigenvalue weighted by atomic mass is 9.98. The number of likely N-dealkylation sites (tertiary alicyclic amines) is 1. The van der Waals surface area contributed by atoms with Gasteiger partial charge in [-0.3, -0.25) is 4.79 Å². The Balaban J connectivity index is 1.98. The summed E-state index contributed by atoms with van der Waals surface area (Å²) in [7, 11) is 0. The maximum Gasteiger partial charge on any atom is 0.317 e. The molecule has 1 aromatic rings. The zero-order chi connectivity index (χ0) is 15.4. The molecule has 114 valence electrons. The first-order chi connectivity index (χ1) is 9.99. The molecule has 2 amide bonds. The van der Waals surface area contributed by atoms with Gasteiger partial charge in [-0.15, -0.1) is 0 Å². The number of hydrogen-bond donors (Lipinski definition) is 2. The van der Waals surface area contributed by atoms with Gasteiger partial charge in [-0.25, -0.2) is 4.79 Å². The van der Waals surface area contributed by atoms with Crippen molar-refractivity contribution in [3.8, 4) is 0 Å². The van der Waals surface area contributed by atoms with Crippen molar-refractivity contribution in [2.75, 3.05) is 13.1 Å². The van der Waals surface area contributed by atoms with E-state index in [0.29, 0.717) is 13.0 Å². The van der Waals surface area contributed by atoms with Crippen molar-refractivity contribution in [3.05, 3.63) is 34.3 Å². The first-order valence-electron chi connectivity index (χ1n) is 7.01. The van der Waals surface area contributed by atoms with E-state index in [0.717, 1.165) is 16.5 Å². The van der Waals surface area contributed by atoms with E-state index in [2.05, 4.69) is 21.2 Å². The highest BCUT2D eigenvalue weighted by molar-refractivity contribution is 9.10. The zero-order valence-corrected chi connectivity index (χ0v) is 13.5. The Bertz CT molecular complexity index is 535. The van der Waals surface area contributed by atoms with Gasteiger partial charge in [-0.1, -0.05) is 34.1 Å². The van der Waals surface area contributed by atoms with Gasteiger partial charge in [0.25, 0.3) is 0 Å². The summed E-state index contributed by atoms with van der Waals surface area (Å²) in [6.07, 6.45) is 1.37. The van der Waals surface area contributed by atoms with Crippen LogP contribution in [0.1, 0.15) is 31.4 Å². The second-order valence-corrected chi connectivity index (χ2v) is 6.17. The molecule has 2 rings (SSSR count). The highest BCUT2D eigenvalue weighted by Crippen LogP contribution is 2.23. The summed E-state index contributed by atoms with van der Waals surface area (Å²) < 4.78 is 0.944. The largest absolute Gasteiger partial charge is 0.481 e. The summed E-state index contributed by atoms with van der Waals surface area (Å²) in [5, 5.41) is 12.0. The van der Waals surface area contributed by atoms with Crippen molar-refractivity contribution in [2.45, 2.75) is 25.8 Å². The van der Waals surface area contributed by atoms with E-state index in [1.54, 1.807) is 4.90 Å². The Hall–Kier alpha value is -1.56. The van der Waals surface area contributed by atoms with Crippen LogP contribution in [-0.2, 0) is 4.79 Å². The van der Waals surface area contributed by atoms with Gasteiger partial charge in [0.05, 0.1) is 12.0 Å². The number of aliphatic carboxylic acids is 1. The molecule has 0 aromatic heterocycles. The first kappa shape index (κ1) is 15.8. The fraction of sp³-hybridized carbons (Fsp3) is 0.467. The number of nitrogens with zero attached hydrogens (tertiary/aromatic N) is 1. The SMILES string of the molecule is CC(NC(=O)N1CCCC(C(=O)O)C1)c1ccccc1Br. The number of amides is 2. The van der Waals surface area contributed by atoms with Crippen LogP contribution < -0.4 is 5.32 Å². The third kappa shape index (κ3) is 3.97. The molecular weight excluding hydrogens is 336 g/mol. The molecule has 5 nitrogen and oxygen atoms in total. The van der Waals surface area contributed by atoms with Gasteiger partial charge in [-0.05, 0) is 31.4 Å². The summed E-state index contributed by atoms with van der Waals surface area (Å²) in [5.74, 6) is -1.28. The number of urea groups is 1. The number of benzene rings is 1. The number of piperidine rings is 1. The van der Waals surface area contributed by atoms with Gasteiger partial charge in [0.1, 0.15) is 0 Å². The lowest BCUT2D eigenvalue weighted by molar-refractivity contribution is -0.143. The van der Waals surface area contributed by atoms with Crippen LogP contribution in [0.25, 0.3) is 0 Å². The lowest BCUT2D eigenvalue weighted by Gasteiger charge is -2.32.